The Morgan fingerprint density at radius 1 is 0.944 bits per heavy atom. The average Bonchev–Trinajstić information content (AvgIpc) is 2.38. The van der Waals surface area contributed by atoms with Crippen molar-refractivity contribution in [2.75, 3.05) is 5.32 Å². The molecule has 0 aliphatic carbocycles. The summed E-state index contributed by atoms with van der Waals surface area (Å²) in [6, 6.07) is 17.5. The molecule has 2 aromatic rings. The van der Waals surface area contributed by atoms with Crippen LogP contribution in [0.1, 0.15) is 11.1 Å². The van der Waals surface area contributed by atoms with Crippen molar-refractivity contribution in [3.63, 3.8) is 0 Å². The van der Waals surface area contributed by atoms with Crippen LogP contribution in [-0.4, -0.2) is 11.1 Å². The van der Waals surface area contributed by atoms with Crippen LogP contribution in [0.2, 0.25) is 0 Å². The Balaban J connectivity index is 2.07. The molecule has 0 fully saturated rings. The first-order chi connectivity index (χ1) is 8.75. The van der Waals surface area contributed by atoms with Gasteiger partial charge >= 0.3 is 5.97 Å². The molecular weight excluding hydrogens is 226 g/mol. The highest BCUT2D eigenvalue weighted by molar-refractivity contribution is 5.70. The number of aliphatic carboxylic acids is 1. The zero-order chi connectivity index (χ0) is 12.8. The second-order valence-electron chi connectivity index (χ2n) is 4.06. The molecule has 0 radical (unpaired) electrons. The van der Waals surface area contributed by atoms with Crippen LogP contribution in [0.15, 0.2) is 54.6 Å². The fraction of sp³-hybridized carbons (Fsp3) is 0.133. The summed E-state index contributed by atoms with van der Waals surface area (Å²) in [7, 11) is 0. The van der Waals surface area contributed by atoms with Crippen LogP contribution >= 0.6 is 0 Å². The fourth-order valence-electron chi connectivity index (χ4n) is 1.82. The van der Waals surface area contributed by atoms with Gasteiger partial charge in [0, 0.05) is 12.2 Å². The van der Waals surface area contributed by atoms with Crippen LogP contribution in [0.4, 0.5) is 5.69 Å². The van der Waals surface area contributed by atoms with Crippen molar-refractivity contribution in [1.29, 1.82) is 0 Å². The number of carbonyl (C=O) groups is 1. The monoisotopic (exact) mass is 241 g/mol. The predicted molar refractivity (Wildman–Crippen MR) is 71.6 cm³/mol. The van der Waals surface area contributed by atoms with Crippen LogP contribution in [0.3, 0.4) is 0 Å². The van der Waals surface area contributed by atoms with E-state index in [2.05, 4.69) is 5.32 Å². The summed E-state index contributed by atoms with van der Waals surface area (Å²) in [5.74, 6) is -0.804. The van der Waals surface area contributed by atoms with Gasteiger partial charge in [0.25, 0.3) is 0 Å². The Bertz CT molecular complexity index is 523. The van der Waals surface area contributed by atoms with Crippen LogP contribution in [0.5, 0.6) is 0 Å². The third kappa shape index (κ3) is 3.35. The van der Waals surface area contributed by atoms with E-state index in [-0.39, 0.29) is 6.42 Å². The minimum atomic E-state index is -0.804. The molecule has 2 N–H and O–H groups in total. The van der Waals surface area contributed by atoms with E-state index in [9.17, 15) is 4.79 Å². The lowest BCUT2D eigenvalue weighted by Gasteiger charge is -2.10. The van der Waals surface area contributed by atoms with Gasteiger partial charge in [-0.1, -0.05) is 42.5 Å². The summed E-state index contributed by atoms with van der Waals surface area (Å²) >= 11 is 0. The maximum absolute atomic E-state index is 10.8. The van der Waals surface area contributed by atoms with Gasteiger partial charge in [-0.25, -0.2) is 0 Å². The molecule has 0 atom stereocenters. The third-order valence-electron chi connectivity index (χ3n) is 2.72. The highest BCUT2D eigenvalue weighted by atomic mass is 16.4. The van der Waals surface area contributed by atoms with E-state index < -0.39 is 5.97 Å². The first-order valence-electron chi connectivity index (χ1n) is 5.83. The molecule has 2 aromatic carbocycles. The van der Waals surface area contributed by atoms with Gasteiger partial charge in [0.15, 0.2) is 0 Å². The first kappa shape index (κ1) is 12.2. The van der Waals surface area contributed by atoms with Gasteiger partial charge in [-0.3, -0.25) is 4.79 Å². The number of hydrogen-bond donors (Lipinski definition) is 2. The highest BCUT2D eigenvalue weighted by Gasteiger charge is 2.05. The molecule has 0 heterocycles. The van der Waals surface area contributed by atoms with Gasteiger partial charge in [0.05, 0.1) is 6.42 Å². The van der Waals surface area contributed by atoms with Crippen molar-refractivity contribution in [2.24, 2.45) is 0 Å². The van der Waals surface area contributed by atoms with Crippen molar-refractivity contribution < 1.29 is 9.90 Å². The van der Waals surface area contributed by atoms with Crippen molar-refractivity contribution in [3.05, 3.63) is 65.7 Å². The minimum Gasteiger partial charge on any atom is -0.481 e. The summed E-state index contributed by atoms with van der Waals surface area (Å²) in [5, 5.41) is 12.1. The van der Waals surface area contributed by atoms with Crippen LogP contribution in [-0.2, 0) is 17.8 Å². The molecular formula is C15H15NO2. The number of anilines is 1. The van der Waals surface area contributed by atoms with Gasteiger partial charge in [0.1, 0.15) is 0 Å². The Hall–Kier alpha value is -2.29. The molecule has 92 valence electrons. The van der Waals surface area contributed by atoms with Gasteiger partial charge in [0.2, 0.25) is 0 Å². The number of hydrogen-bond acceptors (Lipinski definition) is 2. The lowest BCUT2D eigenvalue weighted by molar-refractivity contribution is -0.136. The molecule has 0 saturated carbocycles. The van der Waals surface area contributed by atoms with Crippen LogP contribution < -0.4 is 5.32 Å². The second-order valence-corrected chi connectivity index (χ2v) is 4.06. The molecule has 0 aliphatic heterocycles. The molecule has 0 aliphatic rings. The SMILES string of the molecule is O=C(O)Cc1ccccc1CNc1ccccc1. The molecule has 3 nitrogen and oxygen atoms in total. The van der Waals surface area contributed by atoms with Crippen LogP contribution in [0.25, 0.3) is 0 Å². The number of carboxylic acid groups (broad SMARTS) is 1. The molecule has 0 aromatic heterocycles. The normalized spacial score (nSPS) is 10.0. The number of benzene rings is 2. The van der Waals surface area contributed by atoms with E-state index in [1.54, 1.807) is 0 Å². The van der Waals surface area contributed by atoms with Gasteiger partial charge in [-0.05, 0) is 23.3 Å². The summed E-state index contributed by atoms with van der Waals surface area (Å²) in [6.45, 7) is 0.632. The highest BCUT2D eigenvalue weighted by Crippen LogP contribution is 2.13. The zero-order valence-electron chi connectivity index (χ0n) is 9.97. The minimum absolute atomic E-state index is 0.0621. The third-order valence-corrected chi connectivity index (χ3v) is 2.72. The standard InChI is InChI=1S/C15H15NO2/c17-15(18)10-12-6-4-5-7-13(12)11-16-14-8-2-1-3-9-14/h1-9,16H,10-11H2,(H,17,18). The smallest absolute Gasteiger partial charge is 0.307 e. The maximum atomic E-state index is 10.8. The Morgan fingerprint density at radius 2 is 1.56 bits per heavy atom. The molecule has 0 bridgehead atoms. The quantitative estimate of drug-likeness (QED) is 0.846. The van der Waals surface area contributed by atoms with E-state index >= 15 is 0 Å². The number of carboxylic acids is 1. The Morgan fingerprint density at radius 3 is 2.22 bits per heavy atom. The van der Waals surface area contributed by atoms with Gasteiger partial charge < -0.3 is 10.4 Å². The number of nitrogens with one attached hydrogen (secondary N) is 1. The largest absolute Gasteiger partial charge is 0.481 e. The van der Waals surface area contributed by atoms with E-state index in [0.717, 1.165) is 16.8 Å². The maximum Gasteiger partial charge on any atom is 0.307 e. The fourth-order valence-corrected chi connectivity index (χ4v) is 1.82. The van der Waals surface area contributed by atoms with Crippen molar-refractivity contribution in [2.45, 2.75) is 13.0 Å². The Labute approximate surface area is 106 Å². The summed E-state index contributed by atoms with van der Waals surface area (Å²) < 4.78 is 0. The second kappa shape index (κ2) is 5.87. The van der Waals surface area contributed by atoms with Gasteiger partial charge in [-0.2, -0.15) is 0 Å². The average molecular weight is 241 g/mol. The topological polar surface area (TPSA) is 49.3 Å². The molecule has 0 saturated heterocycles. The molecule has 0 spiro atoms. The summed E-state index contributed by atoms with van der Waals surface area (Å²) in [4.78, 5) is 10.8. The van der Waals surface area contributed by atoms with E-state index in [4.69, 9.17) is 5.11 Å². The predicted octanol–water partition coefficient (Wildman–Crippen LogP) is 2.93. The summed E-state index contributed by atoms with van der Waals surface area (Å²) in [6.07, 6.45) is 0.0621. The van der Waals surface area contributed by atoms with E-state index in [0.29, 0.717) is 6.54 Å². The van der Waals surface area contributed by atoms with Crippen LogP contribution in [0, 0.1) is 0 Å². The lowest BCUT2D eigenvalue weighted by Crippen LogP contribution is -2.07. The molecule has 18 heavy (non-hydrogen) atoms. The van der Waals surface area contributed by atoms with Crippen molar-refractivity contribution in [3.8, 4) is 0 Å². The molecule has 3 heteroatoms. The summed E-state index contributed by atoms with van der Waals surface area (Å²) in [5.41, 5.74) is 2.90. The molecule has 2 rings (SSSR count). The first-order valence-corrected chi connectivity index (χ1v) is 5.83. The van der Waals surface area contributed by atoms with Gasteiger partial charge in [-0.15, -0.1) is 0 Å². The van der Waals surface area contributed by atoms with E-state index in [1.807, 2.05) is 54.6 Å². The van der Waals surface area contributed by atoms with Crippen molar-refractivity contribution >= 4 is 11.7 Å². The van der Waals surface area contributed by atoms with Crippen molar-refractivity contribution in [1.82, 2.24) is 0 Å². The number of rotatable bonds is 5. The zero-order valence-corrected chi connectivity index (χ0v) is 9.97. The Kier molecular flexibility index (Phi) is 3.97. The lowest BCUT2D eigenvalue weighted by atomic mass is 10.0. The molecule has 0 unspecified atom stereocenters. The number of para-hydroxylation sites is 1. The molecule has 0 amide bonds. The van der Waals surface area contributed by atoms with E-state index in [1.165, 1.54) is 0 Å².